The minimum absolute atomic E-state index is 0.0984. The maximum Gasteiger partial charge on any atom is 0.429 e. The van der Waals surface area contributed by atoms with Gasteiger partial charge in [-0.05, 0) is 37.1 Å². The van der Waals surface area contributed by atoms with E-state index in [4.69, 9.17) is 0 Å². The largest absolute Gasteiger partial charge is 0.429 e. The van der Waals surface area contributed by atoms with Crippen LogP contribution in [0.3, 0.4) is 0 Å². The molecule has 25 heavy (non-hydrogen) atoms. The zero-order chi connectivity index (χ0) is 19.8. The fourth-order valence-corrected chi connectivity index (χ4v) is 1.97. The number of carbonyl (C=O) groups excluding carboxylic acids is 1. The normalized spacial score (nSPS) is 13.6. The summed E-state index contributed by atoms with van der Waals surface area (Å²) in [5, 5.41) is -0.0984. The van der Waals surface area contributed by atoms with Gasteiger partial charge < -0.3 is 4.74 Å². The number of rotatable bonds is 2. The second-order valence-corrected chi connectivity index (χ2v) is 5.08. The highest BCUT2D eigenvalue weighted by molar-refractivity contribution is 5.72. The molecule has 0 bridgehead atoms. The minimum Gasteiger partial charge on any atom is -0.410 e. The first-order valence-electron chi connectivity index (χ1n) is 6.30. The van der Waals surface area contributed by atoms with Gasteiger partial charge in [-0.15, -0.1) is 0 Å². The Morgan fingerprint density at radius 2 is 1.16 bits per heavy atom. The lowest BCUT2D eigenvalue weighted by molar-refractivity contribution is -0.386. The van der Waals surface area contributed by atoms with Gasteiger partial charge in [0.2, 0.25) is 0 Å². The molecule has 0 aromatic heterocycles. The molecule has 0 aliphatic heterocycles. The number of alkyl halides is 9. The topological polar surface area (TPSA) is 38.3 Å². The Labute approximate surface area is 134 Å². The highest BCUT2D eigenvalue weighted by atomic mass is 19.4. The van der Waals surface area contributed by atoms with E-state index in [1.807, 2.05) is 0 Å². The summed E-state index contributed by atoms with van der Waals surface area (Å²) in [6.07, 6.45) is -23.3. The second kappa shape index (κ2) is 6.30. The molecule has 0 spiro atoms. The van der Waals surface area contributed by atoms with E-state index in [-0.39, 0.29) is 5.32 Å². The van der Waals surface area contributed by atoms with Crippen molar-refractivity contribution in [2.45, 2.75) is 37.9 Å². The fourth-order valence-electron chi connectivity index (χ4n) is 1.97. The van der Waals surface area contributed by atoms with Crippen LogP contribution in [0.2, 0.25) is 0 Å². The van der Waals surface area contributed by atoms with Crippen molar-refractivity contribution in [2.75, 3.05) is 0 Å². The molecule has 0 unspecified atom stereocenters. The van der Waals surface area contributed by atoms with Crippen molar-refractivity contribution >= 4 is 6.09 Å². The molecule has 0 saturated carbocycles. The third kappa shape index (κ3) is 4.10. The molecule has 1 aromatic carbocycles. The van der Waals surface area contributed by atoms with Gasteiger partial charge in [0.05, 0.1) is 0 Å². The van der Waals surface area contributed by atoms with Gasteiger partial charge in [0.25, 0.3) is 0 Å². The first-order chi connectivity index (χ1) is 11.0. The summed E-state index contributed by atoms with van der Waals surface area (Å²) in [5.74, 6) is -0.518. The van der Waals surface area contributed by atoms with Gasteiger partial charge in [-0.2, -0.15) is 39.5 Å². The molecule has 1 rings (SSSR count). The fraction of sp³-hybridized carbons (Fsp3) is 0.462. The molecule has 0 radical (unpaired) electrons. The Bertz CT molecular complexity index is 590. The van der Waals surface area contributed by atoms with E-state index in [1.54, 1.807) is 0 Å². The Morgan fingerprint density at radius 3 is 1.48 bits per heavy atom. The molecule has 1 aromatic rings. The molecule has 12 heteroatoms. The lowest BCUT2D eigenvalue weighted by atomic mass is 9.97. The molecular formula is C13H10F9NO2. The van der Waals surface area contributed by atoms with E-state index in [1.165, 1.54) is 19.9 Å². The molecule has 0 saturated heterocycles. The van der Waals surface area contributed by atoms with Crippen molar-refractivity contribution in [3.05, 3.63) is 29.3 Å². The quantitative estimate of drug-likeness (QED) is 0.744. The van der Waals surface area contributed by atoms with Crippen molar-refractivity contribution in [1.29, 1.82) is 0 Å². The number of amides is 1. The summed E-state index contributed by atoms with van der Waals surface area (Å²) in [6.45, 7) is 2.92. The molecule has 3 nitrogen and oxygen atoms in total. The first kappa shape index (κ1) is 20.9. The van der Waals surface area contributed by atoms with Gasteiger partial charge in [0.15, 0.2) is 0 Å². The number of carbonyl (C=O) groups is 1. The molecule has 0 aliphatic rings. The van der Waals surface area contributed by atoms with E-state index >= 15 is 0 Å². The average molecular weight is 383 g/mol. The van der Waals surface area contributed by atoms with Gasteiger partial charge in [0, 0.05) is 0 Å². The van der Waals surface area contributed by atoms with Gasteiger partial charge in [0.1, 0.15) is 5.75 Å². The van der Waals surface area contributed by atoms with E-state index in [9.17, 15) is 44.3 Å². The summed E-state index contributed by atoms with van der Waals surface area (Å²) in [4.78, 5) is 11.4. The molecule has 0 heterocycles. The number of hydrogen-bond donors (Lipinski definition) is 1. The number of aryl methyl sites for hydroxylation is 2. The number of hydrogen-bond acceptors (Lipinski definition) is 2. The van der Waals surface area contributed by atoms with Crippen LogP contribution in [0.4, 0.5) is 44.3 Å². The van der Waals surface area contributed by atoms with Crippen LogP contribution in [-0.2, 0) is 0 Å². The van der Waals surface area contributed by atoms with E-state index < -0.39 is 35.9 Å². The van der Waals surface area contributed by atoms with Gasteiger partial charge in [-0.3, -0.25) is 5.32 Å². The Kier molecular flexibility index (Phi) is 5.27. The highest BCUT2D eigenvalue weighted by Gasteiger charge is 2.85. The van der Waals surface area contributed by atoms with Crippen molar-refractivity contribution in [1.82, 2.24) is 5.32 Å². The maximum absolute atomic E-state index is 12.7. The van der Waals surface area contributed by atoms with Crippen LogP contribution in [0.15, 0.2) is 18.2 Å². The molecule has 1 amide bonds. The van der Waals surface area contributed by atoms with Gasteiger partial charge >= 0.3 is 30.2 Å². The van der Waals surface area contributed by atoms with Crippen LogP contribution in [0.5, 0.6) is 5.75 Å². The highest BCUT2D eigenvalue weighted by Crippen LogP contribution is 2.52. The first-order valence-corrected chi connectivity index (χ1v) is 6.30. The molecule has 0 aliphatic carbocycles. The van der Waals surface area contributed by atoms with Crippen molar-refractivity contribution in [3.63, 3.8) is 0 Å². The van der Waals surface area contributed by atoms with Crippen LogP contribution in [0.25, 0.3) is 0 Å². The lowest BCUT2D eigenvalue weighted by Gasteiger charge is -2.38. The molecule has 0 fully saturated rings. The summed E-state index contributed by atoms with van der Waals surface area (Å²) < 4.78 is 118. The number of benzene rings is 1. The Morgan fingerprint density at radius 1 is 0.800 bits per heavy atom. The van der Waals surface area contributed by atoms with Crippen LogP contribution >= 0.6 is 0 Å². The number of halogens is 9. The standard InChI is InChI=1S/C13H10F9NO2/c1-6-3-7(2)5-8(4-6)25-9(24)23-10(11(14,15)16,12(17,18)19)13(20,21)22/h3-5H,1-2H3,(H,23,24). The average Bonchev–Trinajstić information content (AvgIpc) is 2.29. The van der Waals surface area contributed by atoms with E-state index in [0.29, 0.717) is 11.1 Å². The molecular weight excluding hydrogens is 373 g/mol. The molecule has 1 N–H and O–H groups in total. The zero-order valence-corrected chi connectivity index (χ0v) is 12.5. The summed E-state index contributed by atoms with van der Waals surface area (Å²) in [7, 11) is 0. The monoisotopic (exact) mass is 383 g/mol. The van der Waals surface area contributed by atoms with Gasteiger partial charge in [-0.25, -0.2) is 4.79 Å². The SMILES string of the molecule is Cc1cc(C)cc(OC(=O)NC(C(F)(F)F)(C(F)(F)F)C(F)(F)F)c1. The molecule has 0 atom stereocenters. The smallest absolute Gasteiger partial charge is 0.410 e. The summed E-state index contributed by atoms with van der Waals surface area (Å²) in [5.41, 5.74) is -5.64. The van der Waals surface area contributed by atoms with Crippen LogP contribution in [0, 0.1) is 13.8 Å². The van der Waals surface area contributed by atoms with E-state index in [2.05, 4.69) is 4.74 Å². The number of nitrogens with one attached hydrogen (secondary N) is 1. The van der Waals surface area contributed by atoms with Crippen LogP contribution in [-0.4, -0.2) is 30.2 Å². The number of ether oxygens (including phenoxy) is 1. The predicted molar refractivity (Wildman–Crippen MR) is 66.0 cm³/mol. The van der Waals surface area contributed by atoms with Gasteiger partial charge in [-0.1, -0.05) is 6.07 Å². The summed E-state index contributed by atoms with van der Waals surface area (Å²) >= 11 is 0. The van der Waals surface area contributed by atoms with Crippen molar-refractivity contribution in [2.24, 2.45) is 0 Å². The maximum atomic E-state index is 12.7. The third-order valence-corrected chi connectivity index (χ3v) is 2.97. The second-order valence-electron chi connectivity index (χ2n) is 5.08. The lowest BCUT2D eigenvalue weighted by Crippen LogP contribution is -2.75. The zero-order valence-electron chi connectivity index (χ0n) is 12.5. The molecule has 142 valence electrons. The predicted octanol–water partition coefficient (Wildman–Crippen LogP) is 4.82. The van der Waals surface area contributed by atoms with E-state index in [0.717, 1.165) is 12.1 Å². The summed E-state index contributed by atoms with van der Waals surface area (Å²) in [6, 6.07) is 3.61. The minimum atomic E-state index is -6.91. The Balaban J connectivity index is 3.28. The van der Waals surface area contributed by atoms with Crippen molar-refractivity contribution in [3.8, 4) is 5.75 Å². The third-order valence-electron chi connectivity index (χ3n) is 2.97. The Hall–Kier alpha value is -2.14. The van der Waals surface area contributed by atoms with Crippen molar-refractivity contribution < 1.29 is 49.0 Å². The van der Waals surface area contributed by atoms with Crippen LogP contribution in [0.1, 0.15) is 11.1 Å². The van der Waals surface area contributed by atoms with Crippen LogP contribution < -0.4 is 10.1 Å².